The van der Waals surface area contributed by atoms with Crippen molar-refractivity contribution in [2.45, 2.75) is 32.8 Å². The highest BCUT2D eigenvalue weighted by molar-refractivity contribution is 5.95. The molecule has 0 saturated carbocycles. The number of aryl methyl sites for hydroxylation is 1. The maximum Gasteiger partial charge on any atom is 0.265 e. The van der Waals surface area contributed by atoms with Gasteiger partial charge in [0.1, 0.15) is 5.75 Å². The zero-order chi connectivity index (χ0) is 22.3. The highest BCUT2D eigenvalue weighted by atomic mass is 16.5. The molecular formula is C26H25N3O3. The first kappa shape index (κ1) is 21.3. The fourth-order valence-electron chi connectivity index (χ4n) is 3.41. The largest absolute Gasteiger partial charge is 0.480 e. The van der Waals surface area contributed by atoms with Gasteiger partial charge in [0, 0.05) is 11.3 Å². The molecule has 1 N–H and O–H groups in total. The summed E-state index contributed by atoms with van der Waals surface area (Å²) in [6, 6.07) is 24.7. The van der Waals surface area contributed by atoms with E-state index in [1.165, 1.54) is 0 Å². The molecule has 0 bridgehead atoms. The zero-order valence-electron chi connectivity index (χ0n) is 18.1. The summed E-state index contributed by atoms with van der Waals surface area (Å²) in [5, 5.41) is 11.4. The smallest absolute Gasteiger partial charge is 0.265 e. The fraction of sp³-hybridized carbons (Fsp3) is 0.192. The Bertz CT molecular complexity index is 1190. The van der Waals surface area contributed by atoms with Crippen LogP contribution in [0.15, 0.2) is 83.3 Å². The minimum absolute atomic E-state index is 0.196. The number of rotatable bonds is 8. The van der Waals surface area contributed by atoms with Gasteiger partial charge in [-0.3, -0.25) is 4.79 Å². The molecule has 1 aromatic heterocycles. The lowest BCUT2D eigenvalue weighted by atomic mass is 10.1. The zero-order valence-corrected chi connectivity index (χ0v) is 18.1. The van der Waals surface area contributed by atoms with Crippen molar-refractivity contribution in [3.8, 4) is 28.7 Å². The van der Waals surface area contributed by atoms with E-state index in [4.69, 9.17) is 9.15 Å². The topological polar surface area (TPSA) is 77.2 Å². The van der Waals surface area contributed by atoms with E-state index in [0.29, 0.717) is 29.5 Å². The molecule has 4 aromatic rings. The lowest BCUT2D eigenvalue weighted by molar-refractivity contribution is -0.122. The number of anilines is 1. The average molecular weight is 428 g/mol. The van der Waals surface area contributed by atoms with Crippen molar-refractivity contribution in [2.24, 2.45) is 0 Å². The normalized spacial score (nSPS) is 11.7. The molecule has 0 aliphatic rings. The van der Waals surface area contributed by atoms with Crippen molar-refractivity contribution in [1.29, 1.82) is 0 Å². The molecule has 6 heteroatoms. The number of para-hydroxylation sites is 2. The van der Waals surface area contributed by atoms with Crippen LogP contribution in [0.3, 0.4) is 0 Å². The van der Waals surface area contributed by atoms with E-state index < -0.39 is 6.10 Å². The molecule has 0 radical (unpaired) electrons. The lowest BCUT2D eigenvalue weighted by Gasteiger charge is -2.19. The van der Waals surface area contributed by atoms with Crippen molar-refractivity contribution in [3.63, 3.8) is 0 Å². The molecule has 0 aliphatic carbocycles. The quantitative estimate of drug-likeness (QED) is 0.387. The Kier molecular flexibility index (Phi) is 6.60. The van der Waals surface area contributed by atoms with Crippen molar-refractivity contribution >= 4 is 11.6 Å². The number of carbonyl (C=O) groups is 1. The van der Waals surface area contributed by atoms with Crippen LogP contribution < -0.4 is 10.1 Å². The number of nitrogens with one attached hydrogen (secondary N) is 1. The van der Waals surface area contributed by atoms with Gasteiger partial charge in [-0.2, -0.15) is 0 Å². The molecule has 1 atom stereocenters. The summed E-state index contributed by atoms with van der Waals surface area (Å²) < 4.78 is 12.0. The number of amides is 1. The molecule has 3 aromatic carbocycles. The second-order valence-corrected chi connectivity index (χ2v) is 7.29. The van der Waals surface area contributed by atoms with Crippen LogP contribution >= 0.6 is 0 Å². The highest BCUT2D eigenvalue weighted by Gasteiger charge is 2.22. The summed E-state index contributed by atoms with van der Waals surface area (Å²) in [6.45, 7) is 3.97. The number of aromatic nitrogens is 2. The van der Waals surface area contributed by atoms with Crippen LogP contribution in [0, 0.1) is 0 Å². The first-order valence-corrected chi connectivity index (χ1v) is 10.7. The summed E-state index contributed by atoms with van der Waals surface area (Å²) in [6.07, 6.45) is 0.670. The van der Waals surface area contributed by atoms with Crippen LogP contribution in [-0.2, 0) is 11.2 Å². The molecule has 0 spiro atoms. The number of hydrogen-bond donors (Lipinski definition) is 1. The van der Waals surface area contributed by atoms with E-state index in [0.717, 1.165) is 23.2 Å². The lowest BCUT2D eigenvalue weighted by Crippen LogP contribution is -2.32. The highest BCUT2D eigenvalue weighted by Crippen LogP contribution is 2.32. The maximum atomic E-state index is 13.0. The summed E-state index contributed by atoms with van der Waals surface area (Å²) in [4.78, 5) is 13.0. The Labute approximate surface area is 187 Å². The van der Waals surface area contributed by atoms with Gasteiger partial charge in [-0.25, -0.2) is 0 Å². The van der Waals surface area contributed by atoms with Crippen LogP contribution in [0.5, 0.6) is 5.75 Å². The summed E-state index contributed by atoms with van der Waals surface area (Å²) in [5.41, 5.74) is 3.36. The summed E-state index contributed by atoms with van der Waals surface area (Å²) in [5.74, 6) is 1.09. The summed E-state index contributed by atoms with van der Waals surface area (Å²) in [7, 11) is 0. The molecule has 6 nitrogen and oxygen atoms in total. The number of carbonyl (C=O) groups excluding carboxylic acids is 1. The Morgan fingerprint density at radius 2 is 1.59 bits per heavy atom. The predicted octanol–water partition coefficient (Wildman–Crippen LogP) is 5.76. The Hall–Kier alpha value is -3.93. The van der Waals surface area contributed by atoms with E-state index in [9.17, 15) is 4.79 Å². The molecule has 162 valence electrons. The van der Waals surface area contributed by atoms with Crippen LogP contribution in [0.4, 0.5) is 5.69 Å². The first-order valence-electron chi connectivity index (χ1n) is 10.7. The van der Waals surface area contributed by atoms with Gasteiger partial charge in [-0.05, 0) is 48.7 Å². The average Bonchev–Trinajstić information content (AvgIpc) is 3.34. The van der Waals surface area contributed by atoms with E-state index in [2.05, 4.69) is 22.4 Å². The molecule has 1 amide bonds. The third kappa shape index (κ3) is 4.70. The molecule has 0 fully saturated rings. The van der Waals surface area contributed by atoms with Gasteiger partial charge in [0.15, 0.2) is 6.10 Å². The predicted molar refractivity (Wildman–Crippen MR) is 124 cm³/mol. The monoisotopic (exact) mass is 427 g/mol. The molecule has 4 rings (SSSR count). The van der Waals surface area contributed by atoms with E-state index in [1.54, 1.807) is 6.07 Å². The van der Waals surface area contributed by atoms with Crippen LogP contribution in [0.25, 0.3) is 22.9 Å². The van der Waals surface area contributed by atoms with Gasteiger partial charge >= 0.3 is 0 Å². The van der Waals surface area contributed by atoms with Gasteiger partial charge in [0.25, 0.3) is 11.8 Å². The molecule has 0 aliphatic heterocycles. The summed E-state index contributed by atoms with van der Waals surface area (Å²) >= 11 is 0. The minimum Gasteiger partial charge on any atom is -0.480 e. The van der Waals surface area contributed by atoms with Gasteiger partial charge in [-0.1, -0.05) is 62.4 Å². The SMILES string of the molecule is CCc1ccccc1NC(=O)[C@@H](CC)Oc1ccccc1-c1nnc(-c2ccccc2)o1. The molecule has 32 heavy (non-hydrogen) atoms. The third-order valence-electron chi connectivity index (χ3n) is 5.15. The van der Waals surface area contributed by atoms with E-state index >= 15 is 0 Å². The number of ether oxygens (including phenoxy) is 1. The van der Waals surface area contributed by atoms with Gasteiger partial charge in [-0.15, -0.1) is 10.2 Å². The van der Waals surface area contributed by atoms with Crippen LogP contribution in [-0.4, -0.2) is 22.2 Å². The molecule has 1 heterocycles. The Morgan fingerprint density at radius 3 is 2.38 bits per heavy atom. The first-order chi connectivity index (χ1) is 15.7. The third-order valence-corrected chi connectivity index (χ3v) is 5.15. The van der Waals surface area contributed by atoms with E-state index in [1.807, 2.05) is 79.7 Å². The maximum absolute atomic E-state index is 13.0. The van der Waals surface area contributed by atoms with E-state index in [-0.39, 0.29) is 5.91 Å². The van der Waals surface area contributed by atoms with Crippen molar-refractivity contribution in [3.05, 3.63) is 84.4 Å². The van der Waals surface area contributed by atoms with Gasteiger partial charge < -0.3 is 14.5 Å². The number of hydrogen-bond acceptors (Lipinski definition) is 5. The number of benzene rings is 3. The fourth-order valence-corrected chi connectivity index (χ4v) is 3.41. The van der Waals surface area contributed by atoms with Crippen molar-refractivity contribution in [1.82, 2.24) is 10.2 Å². The Balaban J connectivity index is 1.56. The van der Waals surface area contributed by atoms with Crippen LogP contribution in [0.1, 0.15) is 25.8 Å². The standard InChI is InChI=1S/C26H25N3O3/c1-3-18-12-8-10-16-21(18)27-24(30)22(4-2)31-23-17-11-9-15-20(23)26-29-28-25(32-26)19-13-6-5-7-14-19/h5-17,22H,3-4H2,1-2H3,(H,27,30)/t22-/m1/s1. The number of nitrogens with zero attached hydrogens (tertiary/aromatic N) is 2. The minimum atomic E-state index is -0.669. The van der Waals surface area contributed by atoms with Crippen molar-refractivity contribution < 1.29 is 13.9 Å². The Morgan fingerprint density at radius 1 is 0.906 bits per heavy atom. The molecule has 0 saturated heterocycles. The van der Waals surface area contributed by atoms with Gasteiger partial charge in [0.2, 0.25) is 5.89 Å². The van der Waals surface area contributed by atoms with Crippen LogP contribution in [0.2, 0.25) is 0 Å². The van der Waals surface area contributed by atoms with Gasteiger partial charge in [0.05, 0.1) is 5.56 Å². The molecular weight excluding hydrogens is 402 g/mol. The van der Waals surface area contributed by atoms with Crippen molar-refractivity contribution in [2.75, 3.05) is 5.32 Å². The molecule has 0 unspecified atom stereocenters. The second-order valence-electron chi connectivity index (χ2n) is 7.29. The second kappa shape index (κ2) is 9.92.